The summed E-state index contributed by atoms with van der Waals surface area (Å²) in [6, 6.07) is 0. The molecule has 0 amide bonds. The topological polar surface area (TPSA) is 66.4 Å². The van der Waals surface area contributed by atoms with Gasteiger partial charge in [0.1, 0.15) is 0 Å². The number of hydrogen-bond donors (Lipinski definition) is 0. The normalized spacial score (nSPS) is 12.8. The SMILES string of the molecule is CCCCCCCCCCC/C=C/C(CCCCCCCCCCC)COS(=O)(=O)[O-].[Na+]. The second kappa shape index (κ2) is 26.2. The van der Waals surface area contributed by atoms with Crippen molar-refractivity contribution in [1.29, 1.82) is 0 Å². The van der Waals surface area contributed by atoms with Gasteiger partial charge in [0, 0.05) is 5.92 Å². The van der Waals surface area contributed by atoms with E-state index in [1.54, 1.807) is 0 Å². The summed E-state index contributed by atoms with van der Waals surface area (Å²) in [6.45, 7) is 4.47. The second-order valence-electron chi connectivity index (χ2n) is 9.12. The van der Waals surface area contributed by atoms with Gasteiger partial charge in [0.05, 0.1) is 6.61 Å². The number of hydrogen-bond acceptors (Lipinski definition) is 4. The van der Waals surface area contributed by atoms with Crippen LogP contribution in [0.2, 0.25) is 0 Å². The molecule has 0 aliphatic rings. The quantitative estimate of drug-likeness (QED) is 0.0600. The summed E-state index contributed by atoms with van der Waals surface area (Å²) >= 11 is 0. The molecule has 0 aromatic heterocycles. The van der Waals surface area contributed by atoms with Crippen LogP contribution in [0.5, 0.6) is 0 Å². The minimum atomic E-state index is -4.61. The van der Waals surface area contributed by atoms with Crippen LogP contribution in [0.25, 0.3) is 0 Å². The molecule has 0 saturated carbocycles. The fourth-order valence-electron chi connectivity index (χ4n) is 3.98. The van der Waals surface area contributed by atoms with Crippen molar-refractivity contribution in [3.63, 3.8) is 0 Å². The molecule has 32 heavy (non-hydrogen) atoms. The summed E-state index contributed by atoms with van der Waals surface area (Å²) in [5, 5.41) is 0. The number of allylic oxidation sites excluding steroid dienone is 1. The molecular formula is C26H51NaO4S. The van der Waals surface area contributed by atoms with Gasteiger partial charge in [0.2, 0.25) is 10.4 Å². The molecule has 0 saturated heterocycles. The number of unbranched alkanes of at least 4 members (excludes halogenated alkanes) is 17. The zero-order valence-corrected chi connectivity index (χ0v) is 24.4. The van der Waals surface area contributed by atoms with Crippen LogP contribution in [0.3, 0.4) is 0 Å². The Morgan fingerprint density at radius 2 is 1.09 bits per heavy atom. The molecule has 186 valence electrons. The average molecular weight is 483 g/mol. The molecule has 0 bridgehead atoms. The molecule has 0 radical (unpaired) electrons. The monoisotopic (exact) mass is 482 g/mol. The fourth-order valence-corrected chi connectivity index (χ4v) is 4.33. The van der Waals surface area contributed by atoms with E-state index >= 15 is 0 Å². The van der Waals surface area contributed by atoms with Gasteiger partial charge in [-0.2, -0.15) is 0 Å². The minimum Gasteiger partial charge on any atom is -0.726 e. The third kappa shape index (κ3) is 28.6. The Labute approximate surface area is 223 Å². The maximum Gasteiger partial charge on any atom is 1.00 e. The van der Waals surface area contributed by atoms with Gasteiger partial charge >= 0.3 is 29.6 Å². The molecule has 0 rings (SSSR count). The Balaban J connectivity index is 0. The Kier molecular flexibility index (Phi) is 28.5. The Bertz CT molecular complexity index is 494. The van der Waals surface area contributed by atoms with Gasteiger partial charge < -0.3 is 4.55 Å². The molecule has 6 heteroatoms. The van der Waals surface area contributed by atoms with Gasteiger partial charge in [-0.25, -0.2) is 8.42 Å². The molecule has 0 aromatic rings. The molecule has 0 aromatic carbocycles. The summed E-state index contributed by atoms with van der Waals surface area (Å²) in [4.78, 5) is 0. The van der Waals surface area contributed by atoms with Gasteiger partial charge in [-0.1, -0.05) is 135 Å². The molecular weight excluding hydrogens is 431 g/mol. The fraction of sp³-hybridized carbons (Fsp3) is 0.923. The van der Waals surface area contributed by atoms with E-state index in [-0.39, 0.29) is 42.1 Å². The van der Waals surface area contributed by atoms with Gasteiger partial charge in [0.25, 0.3) is 0 Å². The summed E-state index contributed by atoms with van der Waals surface area (Å²) in [7, 11) is -4.61. The zero-order valence-electron chi connectivity index (χ0n) is 21.6. The Morgan fingerprint density at radius 3 is 1.53 bits per heavy atom. The van der Waals surface area contributed by atoms with E-state index in [1.165, 1.54) is 109 Å². The van der Waals surface area contributed by atoms with Crippen molar-refractivity contribution in [2.45, 2.75) is 142 Å². The first-order chi connectivity index (χ1) is 15.0. The first-order valence-corrected chi connectivity index (χ1v) is 14.6. The molecule has 1 atom stereocenters. The largest absolute Gasteiger partial charge is 1.00 e. The third-order valence-electron chi connectivity index (χ3n) is 5.99. The van der Waals surface area contributed by atoms with Crippen molar-refractivity contribution >= 4 is 10.4 Å². The van der Waals surface area contributed by atoms with Crippen LogP contribution in [-0.4, -0.2) is 19.6 Å². The first kappa shape index (κ1) is 34.8. The van der Waals surface area contributed by atoms with Crippen molar-refractivity contribution in [1.82, 2.24) is 0 Å². The van der Waals surface area contributed by atoms with E-state index in [2.05, 4.69) is 30.2 Å². The predicted molar refractivity (Wildman–Crippen MR) is 132 cm³/mol. The smallest absolute Gasteiger partial charge is 0.726 e. The van der Waals surface area contributed by atoms with Gasteiger partial charge in [-0.15, -0.1) is 0 Å². The minimum absolute atomic E-state index is 0. The molecule has 0 N–H and O–H groups in total. The molecule has 0 heterocycles. The maximum atomic E-state index is 10.8. The summed E-state index contributed by atoms with van der Waals surface area (Å²) in [6.07, 6.45) is 29.4. The third-order valence-corrected chi connectivity index (χ3v) is 6.41. The summed E-state index contributed by atoms with van der Waals surface area (Å²) < 4.78 is 37.0. The van der Waals surface area contributed by atoms with E-state index in [0.29, 0.717) is 0 Å². The maximum absolute atomic E-state index is 10.8. The van der Waals surface area contributed by atoms with Crippen molar-refractivity contribution in [2.24, 2.45) is 5.92 Å². The van der Waals surface area contributed by atoms with Crippen molar-refractivity contribution < 1.29 is 46.7 Å². The summed E-state index contributed by atoms with van der Waals surface area (Å²) in [5.41, 5.74) is 0. The van der Waals surface area contributed by atoms with E-state index in [9.17, 15) is 13.0 Å². The molecule has 0 spiro atoms. The van der Waals surface area contributed by atoms with Crippen LogP contribution in [0.15, 0.2) is 12.2 Å². The van der Waals surface area contributed by atoms with Crippen LogP contribution >= 0.6 is 0 Å². The zero-order chi connectivity index (χ0) is 23.0. The Hall–Kier alpha value is 0.610. The second-order valence-corrected chi connectivity index (χ2v) is 10.2. The average Bonchev–Trinajstić information content (AvgIpc) is 2.73. The van der Waals surface area contributed by atoms with Gasteiger partial charge in [-0.05, 0) is 19.3 Å². The molecule has 1 unspecified atom stereocenters. The van der Waals surface area contributed by atoms with E-state index in [4.69, 9.17) is 0 Å². The van der Waals surface area contributed by atoms with E-state index < -0.39 is 10.4 Å². The van der Waals surface area contributed by atoms with E-state index in [1.807, 2.05) is 0 Å². The van der Waals surface area contributed by atoms with Crippen LogP contribution in [0, 0.1) is 5.92 Å². The predicted octanol–water partition coefficient (Wildman–Crippen LogP) is 5.48. The van der Waals surface area contributed by atoms with Crippen molar-refractivity contribution in [3.05, 3.63) is 12.2 Å². The first-order valence-electron chi connectivity index (χ1n) is 13.3. The van der Waals surface area contributed by atoms with Gasteiger partial charge in [0.15, 0.2) is 0 Å². The molecule has 4 nitrogen and oxygen atoms in total. The molecule has 0 fully saturated rings. The van der Waals surface area contributed by atoms with Crippen LogP contribution in [0.4, 0.5) is 0 Å². The van der Waals surface area contributed by atoms with Crippen molar-refractivity contribution in [2.75, 3.05) is 6.61 Å². The van der Waals surface area contributed by atoms with Crippen LogP contribution < -0.4 is 29.6 Å². The standard InChI is InChI=1S/C26H52O4S.Na/c1-3-5-7-9-11-13-14-16-18-20-22-24-26(25-30-31(27,28)29)23-21-19-17-15-12-10-8-6-4-2;/h22,24,26H,3-21,23,25H2,1-2H3,(H,27,28,29);/q;+1/p-1/b24-22+;. The molecule has 0 aliphatic heterocycles. The molecule has 0 aliphatic carbocycles. The van der Waals surface area contributed by atoms with Gasteiger partial charge in [-0.3, -0.25) is 4.18 Å². The van der Waals surface area contributed by atoms with Crippen molar-refractivity contribution in [3.8, 4) is 0 Å². The van der Waals surface area contributed by atoms with Crippen LogP contribution in [-0.2, 0) is 14.6 Å². The summed E-state index contributed by atoms with van der Waals surface area (Å²) in [5.74, 6) is 0.0202. The van der Waals surface area contributed by atoms with E-state index in [0.717, 1.165) is 19.3 Å². The Morgan fingerprint density at radius 1 is 0.688 bits per heavy atom. The number of rotatable bonds is 24. The van der Waals surface area contributed by atoms with Crippen LogP contribution in [0.1, 0.15) is 142 Å².